The van der Waals surface area contributed by atoms with Gasteiger partial charge in [-0.05, 0) is 44.0 Å². The highest BCUT2D eigenvalue weighted by Gasteiger charge is 1.95. The lowest BCUT2D eigenvalue weighted by Crippen LogP contribution is -1.84. The Morgan fingerprint density at radius 1 is 1.38 bits per heavy atom. The maximum Gasteiger partial charge on any atom is 0.0664 e. The van der Waals surface area contributed by atoms with Gasteiger partial charge in [0.05, 0.1) is 5.69 Å². The molecule has 0 radical (unpaired) electrons. The van der Waals surface area contributed by atoms with E-state index in [4.69, 9.17) is 0 Å². The largest absolute Gasteiger partial charge is 0.254 e. The summed E-state index contributed by atoms with van der Waals surface area (Å²) in [6.45, 7) is 9.77. The van der Waals surface area contributed by atoms with Crippen molar-refractivity contribution in [2.45, 2.75) is 20.8 Å². The van der Waals surface area contributed by atoms with Crippen LogP contribution in [0.3, 0.4) is 0 Å². The molecular formula is C12H15N. The Balaban J connectivity index is 3.13. The topological polar surface area (TPSA) is 12.4 Å². The molecule has 0 aliphatic rings. The van der Waals surface area contributed by atoms with Crippen molar-refractivity contribution in [3.63, 3.8) is 0 Å². The summed E-state index contributed by atoms with van der Waals surface area (Å²) in [6.07, 6.45) is 1.77. The molecule has 0 bridgehead atoms. The Morgan fingerprint density at radius 3 is 2.69 bits per heavy atom. The SMILES string of the molecule is C=CC(C)=Nc1cc(C)ccc1C. The van der Waals surface area contributed by atoms with Gasteiger partial charge in [-0.1, -0.05) is 18.7 Å². The van der Waals surface area contributed by atoms with Gasteiger partial charge in [-0.15, -0.1) is 0 Å². The van der Waals surface area contributed by atoms with Crippen molar-refractivity contribution in [1.82, 2.24) is 0 Å². The second kappa shape index (κ2) is 4.04. The zero-order chi connectivity index (χ0) is 9.84. The number of hydrogen-bond acceptors (Lipinski definition) is 1. The first-order valence-corrected chi connectivity index (χ1v) is 4.38. The minimum atomic E-state index is 0.952. The Labute approximate surface area is 79.8 Å². The lowest BCUT2D eigenvalue weighted by molar-refractivity contribution is 1.35. The van der Waals surface area contributed by atoms with E-state index in [9.17, 15) is 0 Å². The van der Waals surface area contributed by atoms with Gasteiger partial charge in [-0.2, -0.15) is 0 Å². The molecule has 1 rings (SSSR count). The summed E-state index contributed by atoms with van der Waals surface area (Å²) in [5, 5.41) is 0. The highest BCUT2D eigenvalue weighted by molar-refractivity contribution is 5.94. The summed E-state index contributed by atoms with van der Waals surface area (Å²) in [5.41, 5.74) is 4.43. The standard InChI is InChI=1S/C12H15N/c1-5-11(4)13-12-8-9(2)6-7-10(12)3/h5-8H,1H2,2-4H3. The fourth-order valence-electron chi connectivity index (χ4n) is 1.08. The highest BCUT2D eigenvalue weighted by Crippen LogP contribution is 2.19. The Kier molecular flexibility index (Phi) is 3.02. The molecule has 0 unspecified atom stereocenters. The van der Waals surface area contributed by atoms with Gasteiger partial charge in [0.25, 0.3) is 0 Å². The van der Waals surface area contributed by atoms with E-state index in [0.29, 0.717) is 0 Å². The second-order valence-electron chi connectivity index (χ2n) is 3.25. The molecule has 0 amide bonds. The molecule has 1 aromatic rings. The fourth-order valence-corrected chi connectivity index (χ4v) is 1.08. The molecule has 0 spiro atoms. The highest BCUT2D eigenvalue weighted by atomic mass is 14.7. The van der Waals surface area contributed by atoms with Crippen LogP contribution in [0, 0.1) is 13.8 Å². The Hall–Kier alpha value is -1.37. The molecular weight excluding hydrogens is 158 g/mol. The Morgan fingerprint density at radius 2 is 2.08 bits per heavy atom. The lowest BCUT2D eigenvalue weighted by Gasteiger charge is -2.01. The smallest absolute Gasteiger partial charge is 0.0664 e. The van der Waals surface area contributed by atoms with E-state index in [0.717, 1.165) is 11.4 Å². The van der Waals surface area contributed by atoms with E-state index >= 15 is 0 Å². The summed E-state index contributed by atoms with van der Waals surface area (Å²) in [5.74, 6) is 0. The maximum atomic E-state index is 4.44. The Bertz CT molecular complexity index is 348. The maximum absolute atomic E-state index is 4.44. The zero-order valence-electron chi connectivity index (χ0n) is 8.46. The van der Waals surface area contributed by atoms with Crippen molar-refractivity contribution in [1.29, 1.82) is 0 Å². The summed E-state index contributed by atoms with van der Waals surface area (Å²) in [6, 6.07) is 6.27. The van der Waals surface area contributed by atoms with Crippen molar-refractivity contribution >= 4 is 11.4 Å². The average Bonchev–Trinajstić information content (AvgIpc) is 2.11. The monoisotopic (exact) mass is 173 g/mol. The van der Waals surface area contributed by atoms with Crippen molar-refractivity contribution in [2.24, 2.45) is 4.99 Å². The molecule has 0 saturated heterocycles. The number of benzene rings is 1. The van der Waals surface area contributed by atoms with Crippen LogP contribution in [0.2, 0.25) is 0 Å². The average molecular weight is 173 g/mol. The van der Waals surface area contributed by atoms with Crippen LogP contribution in [0.4, 0.5) is 5.69 Å². The minimum Gasteiger partial charge on any atom is -0.254 e. The first-order chi connectivity index (χ1) is 6.13. The number of rotatable bonds is 2. The summed E-state index contributed by atoms with van der Waals surface area (Å²) in [4.78, 5) is 4.44. The molecule has 0 saturated carbocycles. The van der Waals surface area contributed by atoms with Crippen LogP contribution in [0.15, 0.2) is 35.8 Å². The van der Waals surface area contributed by atoms with Gasteiger partial charge in [0, 0.05) is 5.71 Å². The van der Waals surface area contributed by atoms with Gasteiger partial charge in [-0.25, -0.2) is 0 Å². The molecule has 0 N–H and O–H groups in total. The van der Waals surface area contributed by atoms with Crippen molar-refractivity contribution in [3.8, 4) is 0 Å². The van der Waals surface area contributed by atoms with E-state index in [1.165, 1.54) is 11.1 Å². The molecule has 1 aromatic carbocycles. The van der Waals surface area contributed by atoms with E-state index in [-0.39, 0.29) is 0 Å². The first kappa shape index (κ1) is 9.72. The van der Waals surface area contributed by atoms with Crippen LogP contribution in [0.25, 0.3) is 0 Å². The number of aryl methyl sites for hydroxylation is 2. The molecule has 0 heterocycles. The number of hydrogen-bond donors (Lipinski definition) is 0. The van der Waals surface area contributed by atoms with E-state index < -0.39 is 0 Å². The summed E-state index contributed by atoms with van der Waals surface area (Å²) >= 11 is 0. The lowest BCUT2D eigenvalue weighted by atomic mass is 10.1. The molecule has 0 aliphatic carbocycles. The third-order valence-corrected chi connectivity index (χ3v) is 1.96. The normalized spacial score (nSPS) is 11.5. The quantitative estimate of drug-likeness (QED) is 0.606. The van der Waals surface area contributed by atoms with Gasteiger partial charge < -0.3 is 0 Å². The molecule has 0 fully saturated rings. The van der Waals surface area contributed by atoms with E-state index in [1.807, 2.05) is 6.92 Å². The first-order valence-electron chi connectivity index (χ1n) is 4.38. The van der Waals surface area contributed by atoms with Gasteiger partial charge in [0.2, 0.25) is 0 Å². The van der Waals surface area contributed by atoms with Crippen LogP contribution in [0.5, 0.6) is 0 Å². The number of nitrogens with zero attached hydrogens (tertiary/aromatic N) is 1. The van der Waals surface area contributed by atoms with Gasteiger partial charge in [0.15, 0.2) is 0 Å². The van der Waals surface area contributed by atoms with E-state index in [1.54, 1.807) is 6.08 Å². The number of allylic oxidation sites excluding steroid dienone is 1. The van der Waals surface area contributed by atoms with Gasteiger partial charge in [0.1, 0.15) is 0 Å². The zero-order valence-corrected chi connectivity index (χ0v) is 8.46. The minimum absolute atomic E-state index is 0.952. The van der Waals surface area contributed by atoms with Crippen LogP contribution in [-0.4, -0.2) is 5.71 Å². The van der Waals surface area contributed by atoms with Gasteiger partial charge in [-0.3, -0.25) is 4.99 Å². The fraction of sp³-hybridized carbons (Fsp3) is 0.250. The summed E-state index contributed by atoms with van der Waals surface area (Å²) in [7, 11) is 0. The van der Waals surface area contributed by atoms with Crippen molar-refractivity contribution in [2.75, 3.05) is 0 Å². The molecule has 13 heavy (non-hydrogen) atoms. The predicted octanol–water partition coefficient (Wildman–Crippen LogP) is 3.58. The van der Waals surface area contributed by atoms with Crippen LogP contribution in [-0.2, 0) is 0 Å². The van der Waals surface area contributed by atoms with Crippen molar-refractivity contribution in [3.05, 3.63) is 42.0 Å². The molecule has 68 valence electrons. The molecule has 0 atom stereocenters. The molecule has 1 heteroatoms. The predicted molar refractivity (Wildman–Crippen MR) is 58.9 cm³/mol. The number of aliphatic imine (C=N–C) groups is 1. The third-order valence-electron chi connectivity index (χ3n) is 1.96. The molecule has 0 aliphatic heterocycles. The molecule has 1 nitrogen and oxygen atoms in total. The van der Waals surface area contributed by atoms with Gasteiger partial charge >= 0.3 is 0 Å². The van der Waals surface area contributed by atoms with E-state index in [2.05, 4.69) is 43.6 Å². The van der Waals surface area contributed by atoms with Crippen LogP contribution >= 0.6 is 0 Å². The third kappa shape index (κ3) is 2.55. The van der Waals surface area contributed by atoms with Crippen molar-refractivity contribution < 1.29 is 0 Å². The second-order valence-corrected chi connectivity index (χ2v) is 3.25. The summed E-state index contributed by atoms with van der Waals surface area (Å²) < 4.78 is 0. The van der Waals surface area contributed by atoms with Crippen LogP contribution < -0.4 is 0 Å². The van der Waals surface area contributed by atoms with Crippen LogP contribution in [0.1, 0.15) is 18.1 Å². The molecule has 0 aromatic heterocycles.